The molecule has 4 heteroatoms. The standard InChI is InChI=1S/C17H26F2OSi/c1-5-21(6-2,7-3)16(17(18)19)13-10-14-8-11-15(20-4)12-9-14/h8-9,11-13,17H,5-7,10H2,1-4H3/b16-13+. The highest BCUT2D eigenvalue weighted by molar-refractivity contribution is 6.86. The first-order chi connectivity index (χ1) is 10.0. The van der Waals surface area contributed by atoms with Gasteiger partial charge < -0.3 is 4.74 Å². The van der Waals surface area contributed by atoms with Crippen LogP contribution in [0.25, 0.3) is 0 Å². The van der Waals surface area contributed by atoms with Crippen LogP contribution < -0.4 is 4.74 Å². The van der Waals surface area contributed by atoms with Crippen LogP contribution in [0.15, 0.2) is 35.5 Å². The van der Waals surface area contributed by atoms with Gasteiger partial charge in [-0.3, -0.25) is 0 Å². The third-order valence-electron chi connectivity index (χ3n) is 4.59. The second-order valence-electron chi connectivity index (χ2n) is 5.35. The number of rotatable bonds is 8. The molecule has 0 aliphatic heterocycles. The quantitative estimate of drug-likeness (QED) is 0.578. The van der Waals surface area contributed by atoms with E-state index in [-0.39, 0.29) is 0 Å². The van der Waals surface area contributed by atoms with Crippen LogP contribution in [0.1, 0.15) is 26.3 Å². The second kappa shape index (κ2) is 8.32. The molecule has 118 valence electrons. The smallest absolute Gasteiger partial charge is 0.256 e. The van der Waals surface area contributed by atoms with E-state index in [1.54, 1.807) is 13.2 Å². The molecule has 0 saturated heterocycles. The van der Waals surface area contributed by atoms with Crippen molar-refractivity contribution in [3.63, 3.8) is 0 Å². The summed E-state index contributed by atoms with van der Waals surface area (Å²) in [5, 5.41) is 0.436. The molecule has 1 nitrogen and oxygen atoms in total. The van der Waals surface area contributed by atoms with Crippen molar-refractivity contribution in [2.24, 2.45) is 0 Å². The Kier molecular flexibility index (Phi) is 7.09. The van der Waals surface area contributed by atoms with E-state index in [9.17, 15) is 8.78 Å². The van der Waals surface area contributed by atoms with Gasteiger partial charge in [-0.15, -0.1) is 0 Å². The highest BCUT2D eigenvalue weighted by atomic mass is 28.3. The third kappa shape index (κ3) is 4.40. The monoisotopic (exact) mass is 312 g/mol. The van der Waals surface area contributed by atoms with E-state index in [0.29, 0.717) is 11.6 Å². The summed E-state index contributed by atoms with van der Waals surface area (Å²) < 4.78 is 32.2. The number of alkyl halides is 2. The topological polar surface area (TPSA) is 9.23 Å². The summed E-state index contributed by atoms with van der Waals surface area (Å²) in [7, 11) is -0.377. The van der Waals surface area contributed by atoms with Crippen molar-refractivity contribution < 1.29 is 13.5 Å². The maximum Gasteiger partial charge on any atom is 0.256 e. The van der Waals surface area contributed by atoms with Gasteiger partial charge in [-0.1, -0.05) is 57.1 Å². The average Bonchev–Trinajstić information content (AvgIpc) is 2.52. The summed E-state index contributed by atoms with van der Waals surface area (Å²) in [6, 6.07) is 10.3. The molecule has 0 atom stereocenters. The van der Waals surface area contributed by atoms with E-state index in [2.05, 4.69) is 20.8 Å². The molecule has 0 aliphatic rings. The molecule has 0 saturated carbocycles. The van der Waals surface area contributed by atoms with E-state index in [1.807, 2.05) is 24.3 Å². The molecule has 0 spiro atoms. The number of benzene rings is 1. The lowest BCUT2D eigenvalue weighted by Gasteiger charge is -2.31. The van der Waals surface area contributed by atoms with E-state index >= 15 is 0 Å². The van der Waals surface area contributed by atoms with Crippen LogP contribution in [0.2, 0.25) is 18.1 Å². The second-order valence-corrected chi connectivity index (χ2v) is 10.6. The Morgan fingerprint density at radius 2 is 1.62 bits per heavy atom. The zero-order valence-electron chi connectivity index (χ0n) is 13.5. The molecule has 0 heterocycles. The lowest BCUT2D eigenvalue weighted by atomic mass is 10.1. The molecule has 0 radical (unpaired) electrons. The van der Waals surface area contributed by atoms with Crippen molar-refractivity contribution in [3.8, 4) is 5.75 Å². The first-order valence-corrected chi connectivity index (χ1v) is 10.3. The highest BCUT2D eigenvalue weighted by Crippen LogP contribution is 2.32. The first kappa shape index (κ1) is 17.9. The van der Waals surface area contributed by atoms with Crippen molar-refractivity contribution in [1.29, 1.82) is 0 Å². The molecule has 0 aromatic heterocycles. The number of methoxy groups -OCH3 is 1. The number of ether oxygens (including phenoxy) is 1. The Labute approximate surface area is 128 Å². The Hall–Kier alpha value is -1.16. The average molecular weight is 312 g/mol. The van der Waals surface area contributed by atoms with Gasteiger partial charge >= 0.3 is 0 Å². The Bertz CT molecular complexity index is 442. The van der Waals surface area contributed by atoms with E-state index in [4.69, 9.17) is 4.74 Å². The van der Waals surface area contributed by atoms with Gasteiger partial charge in [0.05, 0.1) is 15.2 Å². The molecule has 0 bridgehead atoms. The lowest BCUT2D eigenvalue weighted by molar-refractivity contribution is 0.196. The molecule has 1 aromatic carbocycles. The summed E-state index contributed by atoms with van der Waals surface area (Å²) in [6.45, 7) is 6.18. The van der Waals surface area contributed by atoms with Gasteiger partial charge in [-0.2, -0.15) is 0 Å². The SMILES string of the molecule is CC[Si](CC)(CC)/C(=C/Cc1ccc(OC)cc1)C(F)F. The molecule has 0 aliphatic carbocycles. The van der Waals surface area contributed by atoms with Crippen molar-refractivity contribution >= 4 is 8.07 Å². The predicted octanol–water partition coefficient (Wildman–Crippen LogP) is 5.48. The molecule has 0 N–H and O–H groups in total. The minimum atomic E-state index is -2.32. The molecule has 0 amide bonds. The molecule has 0 fully saturated rings. The van der Waals surface area contributed by atoms with Crippen LogP contribution in [-0.2, 0) is 6.42 Å². The zero-order chi connectivity index (χ0) is 15.9. The van der Waals surface area contributed by atoms with E-state index < -0.39 is 14.5 Å². The minimum Gasteiger partial charge on any atom is -0.497 e. The van der Waals surface area contributed by atoms with Crippen LogP contribution in [0, 0.1) is 0 Å². The van der Waals surface area contributed by atoms with Crippen molar-refractivity contribution in [3.05, 3.63) is 41.1 Å². The van der Waals surface area contributed by atoms with Gasteiger partial charge in [0.25, 0.3) is 6.43 Å². The number of halogens is 2. The Balaban J connectivity index is 2.99. The van der Waals surface area contributed by atoms with Crippen LogP contribution in [-0.4, -0.2) is 21.6 Å². The molecular weight excluding hydrogens is 286 g/mol. The maximum absolute atomic E-state index is 13.5. The summed E-state index contributed by atoms with van der Waals surface area (Å²) in [5.41, 5.74) is 1.04. The number of hydrogen-bond acceptors (Lipinski definition) is 1. The number of allylic oxidation sites excluding steroid dienone is 2. The fraction of sp³-hybridized carbons (Fsp3) is 0.529. The van der Waals surface area contributed by atoms with Crippen LogP contribution in [0.4, 0.5) is 8.78 Å². The molecule has 0 unspecified atom stereocenters. The molecule has 1 rings (SSSR count). The van der Waals surface area contributed by atoms with E-state index in [1.165, 1.54) is 0 Å². The molecule has 1 aromatic rings. The van der Waals surface area contributed by atoms with Crippen molar-refractivity contribution in [2.75, 3.05) is 7.11 Å². The van der Waals surface area contributed by atoms with Crippen LogP contribution >= 0.6 is 0 Å². The summed E-state index contributed by atoms with van der Waals surface area (Å²) in [6.07, 6.45) is 0.0305. The van der Waals surface area contributed by atoms with Crippen molar-refractivity contribution in [1.82, 2.24) is 0 Å². The van der Waals surface area contributed by atoms with Gasteiger partial charge in [-0.25, -0.2) is 8.78 Å². The fourth-order valence-electron chi connectivity index (χ4n) is 2.89. The van der Waals surface area contributed by atoms with Crippen LogP contribution in [0.5, 0.6) is 5.75 Å². The Morgan fingerprint density at radius 1 is 1.10 bits per heavy atom. The summed E-state index contributed by atoms with van der Waals surface area (Å²) >= 11 is 0. The highest BCUT2D eigenvalue weighted by Gasteiger charge is 2.35. The summed E-state index contributed by atoms with van der Waals surface area (Å²) in [5.74, 6) is 0.788. The van der Waals surface area contributed by atoms with Crippen LogP contribution in [0.3, 0.4) is 0 Å². The predicted molar refractivity (Wildman–Crippen MR) is 88.0 cm³/mol. The van der Waals surface area contributed by atoms with E-state index in [0.717, 1.165) is 29.4 Å². The first-order valence-electron chi connectivity index (χ1n) is 7.64. The summed E-state index contributed by atoms with van der Waals surface area (Å²) in [4.78, 5) is 0. The van der Waals surface area contributed by atoms with Crippen molar-refractivity contribution in [2.45, 2.75) is 51.7 Å². The largest absolute Gasteiger partial charge is 0.497 e. The van der Waals surface area contributed by atoms with Gasteiger partial charge in [0.15, 0.2) is 0 Å². The molecule has 21 heavy (non-hydrogen) atoms. The third-order valence-corrected chi connectivity index (χ3v) is 10.3. The number of hydrogen-bond donors (Lipinski definition) is 0. The zero-order valence-corrected chi connectivity index (χ0v) is 14.5. The van der Waals surface area contributed by atoms with Gasteiger partial charge in [0.2, 0.25) is 0 Å². The molecular formula is C17H26F2OSi. The lowest BCUT2D eigenvalue weighted by Crippen LogP contribution is -2.37. The normalized spacial score (nSPS) is 12.8. The van der Waals surface area contributed by atoms with Gasteiger partial charge in [-0.05, 0) is 29.3 Å². The Morgan fingerprint density at radius 3 is 2.00 bits per heavy atom. The fourth-order valence-corrected chi connectivity index (χ4v) is 6.61. The maximum atomic E-state index is 13.5. The van der Waals surface area contributed by atoms with Gasteiger partial charge in [0.1, 0.15) is 5.75 Å². The van der Waals surface area contributed by atoms with Gasteiger partial charge in [0, 0.05) is 0 Å². The minimum absolute atomic E-state index is 0.436.